The number of aryl methyl sites for hydroxylation is 1. The summed E-state index contributed by atoms with van der Waals surface area (Å²) in [4.78, 5) is 11.3. The monoisotopic (exact) mass is 544 g/mol. The smallest absolute Gasteiger partial charge is 0.330 e. The first-order valence-electron chi connectivity index (χ1n) is 14.2. The van der Waals surface area contributed by atoms with Crippen molar-refractivity contribution in [3.8, 4) is 39.1 Å². The average Bonchev–Trinajstić information content (AvgIpc) is 2.99. The summed E-state index contributed by atoms with van der Waals surface area (Å²) < 4.78 is 11.1. The maximum Gasteiger partial charge on any atom is 0.330 e. The second-order valence-corrected chi connectivity index (χ2v) is 11.5. The molecule has 4 aromatic carbocycles. The molecule has 0 radical (unpaired) electrons. The largest absolute Gasteiger partial charge is 0.494 e. The Labute approximate surface area is 245 Å². The molecule has 0 atom stereocenters. The van der Waals surface area contributed by atoms with Crippen molar-refractivity contribution in [2.45, 2.75) is 40.0 Å². The Balaban J connectivity index is 1.59. The van der Waals surface area contributed by atoms with Crippen molar-refractivity contribution < 1.29 is 14.3 Å². The molecule has 0 spiro atoms. The quantitative estimate of drug-likeness (QED) is 0.101. The molecule has 0 aliphatic rings. The van der Waals surface area contributed by atoms with Crippen LogP contribution in [-0.2, 0) is 16.0 Å². The van der Waals surface area contributed by atoms with Crippen LogP contribution in [0.15, 0.2) is 110 Å². The van der Waals surface area contributed by atoms with Crippen molar-refractivity contribution in [1.29, 1.82) is 0 Å². The topological polar surface area (TPSA) is 35.5 Å². The van der Waals surface area contributed by atoms with Crippen LogP contribution < -0.4 is 4.74 Å². The van der Waals surface area contributed by atoms with Gasteiger partial charge < -0.3 is 9.47 Å². The molecule has 3 nitrogen and oxygen atoms in total. The van der Waals surface area contributed by atoms with E-state index in [-0.39, 0.29) is 11.4 Å². The number of benzene rings is 4. The zero-order valence-corrected chi connectivity index (χ0v) is 24.5. The van der Waals surface area contributed by atoms with Crippen LogP contribution in [0.1, 0.15) is 44.7 Å². The average molecular weight is 545 g/mol. The number of ether oxygens (including phenoxy) is 2. The lowest BCUT2D eigenvalue weighted by atomic mass is 9.92. The fourth-order valence-corrected chi connectivity index (χ4v) is 4.53. The lowest BCUT2D eigenvalue weighted by molar-refractivity contribution is -0.137. The summed E-state index contributed by atoms with van der Waals surface area (Å²) in [6.45, 7) is 15.1. The Morgan fingerprint density at radius 3 is 1.71 bits per heavy atom. The molecule has 4 rings (SSSR count). The van der Waals surface area contributed by atoms with Crippen LogP contribution >= 0.6 is 0 Å². The molecule has 4 aromatic rings. The molecule has 210 valence electrons. The predicted octanol–water partition coefficient (Wildman–Crippen LogP) is 9.81. The van der Waals surface area contributed by atoms with Gasteiger partial charge in [-0.3, -0.25) is 0 Å². The number of carbonyl (C=O) groups is 1. The van der Waals surface area contributed by atoms with Gasteiger partial charge in [0.2, 0.25) is 0 Å². The highest BCUT2D eigenvalue weighted by atomic mass is 16.5. The van der Waals surface area contributed by atoms with E-state index in [2.05, 4.69) is 125 Å². The van der Waals surface area contributed by atoms with Crippen molar-refractivity contribution in [3.63, 3.8) is 0 Å². The van der Waals surface area contributed by atoms with E-state index in [1.807, 2.05) is 6.08 Å². The first-order valence-corrected chi connectivity index (χ1v) is 14.2. The maximum absolute atomic E-state index is 11.3. The van der Waals surface area contributed by atoms with Crippen molar-refractivity contribution in [2.75, 3.05) is 13.2 Å². The molecular weight excluding hydrogens is 504 g/mol. The summed E-state index contributed by atoms with van der Waals surface area (Å²) in [6.07, 6.45) is 5.68. The minimum Gasteiger partial charge on any atom is -0.494 e. The van der Waals surface area contributed by atoms with E-state index in [9.17, 15) is 4.79 Å². The summed E-state index contributed by atoms with van der Waals surface area (Å²) in [6, 6.07) is 32.3. The number of rotatable bonds is 12. The molecule has 0 aliphatic heterocycles. The van der Waals surface area contributed by atoms with Crippen LogP contribution in [0.4, 0.5) is 0 Å². The molecule has 0 amide bonds. The minimum absolute atomic E-state index is 0.249. The molecule has 0 bridgehead atoms. The number of esters is 1. The molecule has 0 aliphatic carbocycles. The van der Waals surface area contributed by atoms with Crippen LogP contribution in [0.5, 0.6) is 5.75 Å². The van der Waals surface area contributed by atoms with Gasteiger partial charge in [0.05, 0.1) is 13.2 Å². The van der Waals surface area contributed by atoms with Gasteiger partial charge in [-0.25, -0.2) is 4.79 Å². The van der Waals surface area contributed by atoms with Gasteiger partial charge in [0.25, 0.3) is 0 Å². The molecule has 0 aromatic heterocycles. The van der Waals surface area contributed by atoms with E-state index in [1.165, 1.54) is 11.6 Å². The second-order valence-electron chi connectivity index (χ2n) is 11.5. The Hall–Kier alpha value is -4.37. The fourth-order valence-electron chi connectivity index (χ4n) is 4.53. The van der Waals surface area contributed by atoms with Gasteiger partial charge >= 0.3 is 5.97 Å². The maximum atomic E-state index is 11.3. The van der Waals surface area contributed by atoms with Gasteiger partial charge in [0.15, 0.2) is 0 Å². The molecule has 0 fully saturated rings. The van der Waals surface area contributed by atoms with Crippen molar-refractivity contribution in [2.24, 2.45) is 5.41 Å². The van der Waals surface area contributed by atoms with Gasteiger partial charge in [-0.1, -0.05) is 101 Å². The van der Waals surface area contributed by atoms with Crippen LogP contribution in [-0.4, -0.2) is 19.2 Å². The third-order valence-electron chi connectivity index (χ3n) is 7.03. The van der Waals surface area contributed by atoms with Crippen LogP contribution in [0.2, 0.25) is 0 Å². The highest BCUT2D eigenvalue weighted by molar-refractivity contribution is 5.82. The molecule has 0 unspecified atom stereocenters. The van der Waals surface area contributed by atoms with Gasteiger partial charge in [0, 0.05) is 6.08 Å². The number of hydrogen-bond acceptors (Lipinski definition) is 3. The zero-order chi connectivity index (χ0) is 29.2. The summed E-state index contributed by atoms with van der Waals surface area (Å²) in [5.41, 5.74) is 9.48. The molecule has 3 heteroatoms. The summed E-state index contributed by atoms with van der Waals surface area (Å²) in [7, 11) is 0. The van der Waals surface area contributed by atoms with E-state index < -0.39 is 0 Å². The highest BCUT2D eigenvalue weighted by Crippen LogP contribution is 2.34. The standard InChI is InChI=1S/C38H40O3/c1-6-28-10-14-30(15-11-28)33-25-34(31-16-12-29(13-17-31)9-8-23-41-37(39)7-2)27-35(26-33)32-18-20-36(21-19-32)40-24-22-38(3,4)5/h6-7,10-21,25-27H,1-2,8-9,22-24H2,3-5H3. The van der Waals surface area contributed by atoms with Crippen LogP contribution in [0, 0.1) is 5.41 Å². The predicted molar refractivity (Wildman–Crippen MR) is 172 cm³/mol. The normalized spacial score (nSPS) is 11.1. The lowest BCUT2D eigenvalue weighted by Gasteiger charge is -2.18. The van der Waals surface area contributed by atoms with Gasteiger partial charge in [-0.2, -0.15) is 0 Å². The Kier molecular flexibility index (Phi) is 9.97. The van der Waals surface area contributed by atoms with E-state index in [0.717, 1.165) is 64.0 Å². The molecule has 0 heterocycles. The van der Waals surface area contributed by atoms with Crippen LogP contribution in [0.25, 0.3) is 39.5 Å². The fraction of sp³-hybridized carbons (Fsp3) is 0.237. The van der Waals surface area contributed by atoms with Crippen molar-refractivity contribution >= 4 is 12.0 Å². The first-order chi connectivity index (χ1) is 19.7. The Morgan fingerprint density at radius 2 is 1.22 bits per heavy atom. The summed E-state index contributed by atoms with van der Waals surface area (Å²) in [5.74, 6) is 0.516. The summed E-state index contributed by atoms with van der Waals surface area (Å²) in [5, 5.41) is 0. The third kappa shape index (κ3) is 8.81. The molecular formula is C38H40O3. The van der Waals surface area contributed by atoms with Gasteiger partial charge in [0.1, 0.15) is 5.75 Å². The zero-order valence-electron chi connectivity index (χ0n) is 24.5. The molecule has 0 saturated carbocycles. The Morgan fingerprint density at radius 1 is 0.707 bits per heavy atom. The first kappa shape index (κ1) is 29.6. The van der Waals surface area contributed by atoms with Gasteiger partial charge in [-0.05, 0) is 99.5 Å². The van der Waals surface area contributed by atoms with E-state index >= 15 is 0 Å². The highest BCUT2D eigenvalue weighted by Gasteiger charge is 2.11. The second kappa shape index (κ2) is 13.8. The number of carbonyl (C=O) groups excluding carboxylic acids is 1. The SMILES string of the molecule is C=CC(=O)OCCCc1ccc(-c2cc(-c3ccc(C=C)cc3)cc(-c3ccc(OCCC(C)(C)C)cc3)c2)cc1. The third-order valence-corrected chi connectivity index (χ3v) is 7.03. The summed E-state index contributed by atoms with van der Waals surface area (Å²) >= 11 is 0. The Bertz CT molecular complexity index is 1450. The molecule has 41 heavy (non-hydrogen) atoms. The lowest BCUT2D eigenvalue weighted by Crippen LogP contribution is -2.10. The van der Waals surface area contributed by atoms with Crippen LogP contribution in [0.3, 0.4) is 0 Å². The van der Waals surface area contributed by atoms with E-state index in [4.69, 9.17) is 9.47 Å². The van der Waals surface area contributed by atoms with E-state index in [0.29, 0.717) is 13.2 Å². The molecule has 0 saturated heterocycles. The minimum atomic E-state index is -0.377. The molecule has 0 N–H and O–H groups in total. The van der Waals surface area contributed by atoms with Crippen molar-refractivity contribution in [1.82, 2.24) is 0 Å². The van der Waals surface area contributed by atoms with E-state index in [1.54, 1.807) is 0 Å². The van der Waals surface area contributed by atoms with Crippen molar-refractivity contribution in [3.05, 3.63) is 121 Å². The number of hydrogen-bond donors (Lipinski definition) is 0. The van der Waals surface area contributed by atoms with Gasteiger partial charge in [-0.15, -0.1) is 0 Å².